The minimum absolute atomic E-state index is 0.00340. The van der Waals surface area contributed by atoms with Gasteiger partial charge in [0.2, 0.25) is 0 Å². The van der Waals surface area contributed by atoms with E-state index >= 15 is 4.79 Å². The maximum atomic E-state index is 16.6. The highest BCUT2D eigenvalue weighted by atomic mass is 28.4. The molecule has 0 aromatic heterocycles. The van der Waals surface area contributed by atoms with Crippen LogP contribution in [-0.2, 0) is 67.9 Å². The number of amides is 1. The van der Waals surface area contributed by atoms with Gasteiger partial charge >= 0.3 is 38.4 Å². The van der Waals surface area contributed by atoms with Gasteiger partial charge in [0.1, 0.15) is 37.1 Å². The molecule has 0 radical (unpaired) electrons. The molecule has 3 N–H and O–H groups in total. The van der Waals surface area contributed by atoms with Gasteiger partial charge < -0.3 is 52.8 Å². The number of rotatable bonds is 17. The van der Waals surface area contributed by atoms with Gasteiger partial charge in [-0.3, -0.25) is 19.2 Å². The zero-order chi connectivity index (χ0) is 56.5. The van der Waals surface area contributed by atoms with Gasteiger partial charge in [-0.2, -0.15) is 0 Å². The van der Waals surface area contributed by atoms with Crippen LogP contribution in [-0.4, -0.2) is 121 Å². The van der Waals surface area contributed by atoms with E-state index in [0.29, 0.717) is 30.5 Å². The lowest BCUT2D eigenvalue weighted by molar-refractivity contribution is -0.345. The maximum absolute atomic E-state index is 16.6. The molecule has 9 rings (SSSR count). The Morgan fingerprint density at radius 1 is 0.785 bits per heavy atom. The van der Waals surface area contributed by atoms with Gasteiger partial charge in [-0.1, -0.05) is 124 Å². The second kappa shape index (κ2) is 22.7. The van der Waals surface area contributed by atoms with E-state index in [1.54, 1.807) is 107 Å². The SMILES string of the molecule is CC(=O)O[C@H]1C(=O)[C@@]2(C)C([C@H](OC(=O)c3ccccc3)[C@]3(O)C[C@H](OC(=O)[C@H](O)[C@@H](NC(=O)c4ccccc4)c4ccccc4)C(C)=C1C3(C)C)[C@]1(OC(C)=O)CO[C@@H]1C[C@@H]2O[Si]1(OCC(=O)OCc2ccccc2)CCCC1. The average Bonchev–Trinajstić information content (AvgIpc) is 3.88. The Morgan fingerprint density at radius 3 is 1.96 bits per heavy atom. The molecule has 3 aliphatic carbocycles. The second-order valence-electron chi connectivity index (χ2n) is 22.0. The lowest BCUT2D eigenvalue weighted by Gasteiger charge is -2.68. The summed E-state index contributed by atoms with van der Waals surface area (Å²) in [4.78, 5) is 100. The van der Waals surface area contributed by atoms with Crippen LogP contribution in [0.3, 0.4) is 0 Å². The first-order chi connectivity index (χ1) is 37.6. The normalized spacial score (nSPS) is 29.1. The molecule has 1 amide bonds. The summed E-state index contributed by atoms with van der Waals surface area (Å²) >= 11 is 0. The van der Waals surface area contributed by atoms with Gasteiger partial charge in [-0.15, -0.1) is 0 Å². The first-order valence-electron chi connectivity index (χ1n) is 26.7. The summed E-state index contributed by atoms with van der Waals surface area (Å²) in [5.41, 5.74) is -6.44. The number of esters is 5. The number of hydrogen-bond donors (Lipinski definition) is 3. The molecule has 5 aliphatic rings. The molecule has 418 valence electrons. The van der Waals surface area contributed by atoms with E-state index in [-0.39, 0.29) is 41.9 Å². The molecule has 4 aromatic carbocycles. The minimum atomic E-state index is -3.52. The molecule has 0 spiro atoms. The third-order valence-corrected chi connectivity index (χ3v) is 20.5. The number of fused-ring (bicyclic) bond motifs is 5. The molecule has 11 atom stereocenters. The fourth-order valence-electron chi connectivity index (χ4n) is 12.8. The highest BCUT2D eigenvalue weighted by Crippen LogP contribution is 2.65. The first kappa shape index (κ1) is 56.8. The molecule has 1 unspecified atom stereocenters. The van der Waals surface area contributed by atoms with E-state index in [0.717, 1.165) is 12.5 Å². The highest BCUT2D eigenvalue weighted by molar-refractivity contribution is 6.68. The zero-order valence-corrected chi connectivity index (χ0v) is 46.0. The molecule has 19 heteroatoms. The van der Waals surface area contributed by atoms with Crippen molar-refractivity contribution < 1.29 is 81.0 Å². The van der Waals surface area contributed by atoms with Crippen molar-refractivity contribution in [1.82, 2.24) is 5.32 Å². The number of ether oxygens (including phenoxy) is 6. The van der Waals surface area contributed by atoms with Crippen molar-refractivity contribution in [1.29, 1.82) is 0 Å². The van der Waals surface area contributed by atoms with Crippen LogP contribution < -0.4 is 5.32 Å². The molecule has 2 saturated carbocycles. The smallest absolute Gasteiger partial charge is 0.338 e. The summed E-state index contributed by atoms with van der Waals surface area (Å²) in [6.07, 6.45) is -8.98. The Morgan fingerprint density at radius 2 is 1.38 bits per heavy atom. The van der Waals surface area contributed by atoms with E-state index in [4.69, 9.17) is 37.3 Å². The predicted octanol–water partition coefficient (Wildman–Crippen LogP) is 6.76. The monoisotopic (exact) mass is 1100 g/mol. The fraction of sp³-hybridized carbons (Fsp3) is 0.450. The molecule has 18 nitrogen and oxygen atoms in total. The van der Waals surface area contributed by atoms with E-state index in [1.165, 1.54) is 19.1 Å². The highest BCUT2D eigenvalue weighted by Gasteiger charge is 2.79. The molecular weight excluding hydrogens is 1030 g/mol. The van der Waals surface area contributed by atoms with Crippen LogP contribution >= 0.6 is 0 Å². The van der Waals surface area contributed by atoms with Crippen LogP contribution in [0.15, 0.2) is 132 Å². The number of ketones is 1. The van der Waals surface area contributed by atoms with Crippen molar-refractivity contribution >= 4 is 50.1 Å². The van der Waals surface area contributed by atoms with Gasteiger partial charge in [0.05, 0.1) is 35.6 Å². The number of carbonyl (C=O) groups is 7. The maximum Gasteiger partial charge on any atom is 0.338 e. The number of benzene rings is 4. The summed E-state index contributed by atoms with van der Waals surface area (Å²) in [6.45, 7) is 7.80. The Hall–Kier alpha value is -6.87. The van der Waals surface area contributed by atoms with Gasteiger partial charge in [-0.25, -0.2) is 14.4 Å². The molecule has 2 saturated heterocycles. The summed E-state index contributed by atoms with van der Waals surface area (Å²) < 4.78 is 51.2. The van der Waals surface area contributed by atoms with E-state index < -0.39 is 134 Å². The summed E-state index contributed by atoms with van der Waals surface area (Å²) in [6, 6.07) is 33.0. The van der Waals surface area contributed by atoms with Crippen LogP contribution in [0.5, 0.6) is 0 Å². The molecule has 2 heterocycles. The molecule has 2 aliphatic heterocycles. The quantitative estimate of drug-likeness (QED) is 0.0428. The number of carbonyl (C=O) groups excluding carboxylic acids is 7. The number of hydrogen-bond acceptors (Lipinski definition) is 17. The molecule has 4 fully saturated rings. The van der Waals surface area contributed by atoms with Gasteiger partial charge in [0.15, 0.2) is 23.6 Å². The van der Waals surface area contributed by atoms with Crippen molar-refractivity contribution in [2.75, 3.05) is 13.2 Å². The Labute approximate surface area is 459 Å². The second-order valence-corrected chi connectivity index (χ2v) is 25.3. The Kier molecular flexibility index (Phi) is 16.3. The standard InChI is InChI=1S/C60H67NO17Si/c1-36-43(75-56(69)49(65)48(40-23-13-8-14-24-40)61-54(67)41-25-15-9-16-26-41)32-60(70)53(76-55(68)42-27-17-10-18-28-42)51-58(6,52(66)50(74-37(2)62)47(36)57(60,4)5)44(31-45-59(51,35-72-45)77-38(3)63)78-79(29-19-20-30-79)73-34-46(64)71-33-39-21-11-7-12-22-39/h7-18,21-28,43-45,48-51,53,65,70H,19-20,29-35H2,1-6H3,(H,61,67)/t43-,44-,45+,48-,49+,50+,51?,53-,58+,59-,60+/m0/s1. The van der Waals surface area contributed by atoms with Crippen molar-refractivity contribution in [3.05, 3.63) is 155 Å². The lowest BCUT2D eigenvalue weighted by atomic mass is 9.44. The Balaban J connectivity index is 1.17. The predicted molar refractivity (Wildman–Crippen MR) is 283 cm³/mol. The lowest BCUT2D eigenvalue weighted by Crippen LogP contribution is -2.82. The van der Waals surface area contributed by atoms with Crippen LogP contribution in [0.25, 0.3) is 0 Å². The molecule has 79 heavy (non-hydrogen) atoms. The minimum Gasteiger partial charge on any atom is -0.459 e. The number of aliphatic hydroxyl groups is 2. The molecule has 4 aromatic rings. The average molecular weight is 1100 g/mol. The van der Waals surface area contributed by atoms with Crippen LogP contribution in [0.2, 0.25) is 12.1 Å². The fourth-order valence-corrected chi connectivity index (χ4v) is 16.4. The van der Waals surface area contributed by atoms with Gasteiger partial charge in [-0.05, 0) is 72.5 Å². The van der Waals surface area contributed by atoms with E-state index in [2.05, 4.69) is 5.32 Å². The number of aliphatic hydroxyl groups excluding tert-OH is 1. The van der Waals surface area contributed by atoms with Crippen LogP contribution in [0, 0.1) is 16.7 Å². The summed E-state index contributed by atoms with van der Waals surface area (Å²) in [5.74, 6) is -7.47. The summed E-state index contributed by atoms with van der Waals surface area (Å²) in [7, 11) is -3.52. The molecular formula is C60H67NO17Si. The van der Waals surface area contributed by atoms with Crippen molar-refractivity contribution in [3.63, 3.8) is 0 Å². The Bertz CT molecular complexity index is 2970. The number of nitrogens with one attached hydrogen (secondary N) is 1. The summed E-state index contributed by atoms with van der Waals surface area (Å²) in [5, 5.41) is 29.1. The van der Waals surface area contributed by atoms with Gasteiger partial charge in [0.25, 0.3) is 5.91 Å². The van der Waals surface area contributed by atoms with Crippen molar-refractivity contribution in [2.45, 2.75) is 140 Å². The van der Waals surface area contributed by atoms with Crippen molar-refractivity contribution in [2.24, 2.45) is 16.7 Å². The van der Waals surface area contributed by atoms with Gasteiger partial charge in [0, 0.05) is 37.7 Å². The van der Waals surface area contributed by atoms with Crippen molar-refractivity contribution in [3.8, 4) is 0 Å². The molecule has 2 bridgehead atoms. The number of Topliss-reactive ketones (excluding diaryl/α,β-unsaturated/α-hetero) is 1. The van der Waals surface area contributed by atoms with E-state index in [1.807, 2.05) is 30.3 Å². The topological polar surface area (TPSA) is 246 Å². The van der Waals surface area contributed by atoms with Crippen LogP contribution in [0.4, 0.5) is 0 Å². The largest absolute Gasteiger partial charge is 0.459 e. The van der Waals surface area contributed by atoms with Crippen LogP contribution in [0.1, 0.15) is 105 Å². The third kappa shape index (κ3) is 10.8. The van der Waals surface area contributed by atoms with E-state index in [9.17, 15) is 39.0 Å². The zero-order valence-electron chi connectivity index (χ0n) is 45.0. The third-order valence-electron chi connectivity index (χ3n) is 16.9. The first-order valence-corrected chi connectivity index (χ1v) is 28.9.